The van der Waals surface area contributed by atoms with Crippen LogP contribution in [0, 0.1) is 6.92 Å². The standard InChI is InChI=1S/C22H22ClN3OS/c1-15-5-8-19(12-21(15)23)26-22(28)25-16(2)18-6-9-20(10-7-18)27-14-17-4-3-11-24-13-17/h3-13,16H,14H2,1-2H3,(H2,25,26,28). The number of halogens is 1. The van der Waals surface area contributed by atoms with E-state index in [9.17, 15) is 0 Å². The number of hydrogen-bond donors (Lipinski definition) is 2. The number of rotatable bonds is 6. The maximum atomic E-state index is 6.16. The van der Waals surface area contributed by atoms with Crippen LogP contribution in [-0.4, -0.2) is 10.1 Å². The third-order valence-electron chi connectivity index (χ3n) is 4.29. The molecule has 28 heavy (non-hydrogen) atoms. The zero-order valence-corrected chi connectivity index (χ0v) is 17.3. The van der Waals surface area contributed by atoms with E-state index in [-0.39, 0.29) is 6.04 Å². The average Bonchev–Trinajstić information content (AvgIpc) is 2.70. The number of aryl methyl sites for hydroxylation is 1. The highest BCUT2D eigenvalue weighted by atomic mass is 35.5. The Morgan fingerprint density at radius 2 is 1.96 bits per heavy atom. The van der Waals surface area contributed by atoms with Crippen LogP contribution in [0.1, 0.15) is 29.7 Å². The lowest BCUT2D eigenvalue weighted by Gasteiger charge is -2.18. The Bertz CT molecular complexity index is 932. The molecule has 0 bridgehead atoms. The van der Waals surface area contributed by atoms with Crippen LogP contribution in [0.15, 0.2) is 67.0 Å². The molecule has 0 saturated heterocycles. The third kappa shape index (κ3) is 5.68. The molecule has 0 aliphatic rings. The van der Waals surface area contributed by atoms with Crippen molar-refractivity contribution in [2.75, 3.05) is 5.32 Å². The van der Waals surface area contributed by atoms with E-state index in [1.165, 1.54) is 0 Å². The van der Waals surface area contributed by atoms with E-state index in [4.69, 9.17) is 28.6 Å². The summed E-state index contributed by atoms with van der Waals surface area (Å²) in [5.74, 6) is 0.815. The van der Waals surface area contributed by atoms with Crippen LogP contribution in [0.3, 0.4) is 0 Å². The maximum Gasteiger partial charge on any atom is 0.171 e. The summed E-state index contributed by atoms with van der Waals surface area (Å²) in [7, 11) is 0. The number of anilines is 1. The first-order valence-corrected chi connectivity index (χ1v) is 9.75. The van der Waals surface area contributed by atoms with Crippen LogP contribution < -0.4 is 15.4 Å². The lowest BCUT2D eigenvalue weighted by atomic mass is 10.1. The summed E-state index contributed by atoms with van der Waals surface area (Å²) in [4.78, 5) is 4.09. The lowest BCUT2D eigenvalue weighted by Crippen LogP contribution is -2.30. The quantitative estimate of drug-likeness (QED) is 0.511. The summed E-state index contributed by atoms with van der Waals surface area (Å²) < 4.78 is 5.80. The molecule has 6 heteroatoms. The van der Waals surface area contributed by atoms with Crippen molar-refractivity contribution >= 4 is 34.6 Å². The van der Waals surface area contributed by atoms with Gasteiger partial charge in [-0.25, -0.2) is 0 Å². The summed E-state index contributed by atoms with van der Waals surface area (Å²) in [5, 5.41) is 7.71. The SMILES string of the molecule is Cc1ccc(NC(=S)NC(C)c2ccc(OCc3cccnc3)cc2)cc1Cl. The molecular weight excluding hydrogens is 390 g/mol. The van der Waals surface area contributed by atoms with Gasteiger partial charge in [-0.15, -0.1) is 0 Å². The number of aromatic nitrogens is 1. The summed E-state index contributed by atoms with van der Waals surface area (Å²) in [6, 6.07) is 17.7. The van der Waals surface area contributed by atoms with Crippen molar-refractivity contribution in [3.8, 4) is 5.75 Å². The molecule has 3 rings (SSSR count). The number of benzene rings is 2. The van der Waals surface area contributed by atoms with E-state index in [2.05, 4.69) is 22.5 Å². The van der Waals surface area contributed by atoms with Gasteiger partial charge < -0.3 is 15.4 Å². The van der Waals surface area contributed by atoms with E-state index in [0.717, 1.165) is 28.1 Å². The lowest BCUT2D eigenvalue weighted by molar-refractivity contribution is 0.305. The van der Waals surface area contributed by atoms with Gasteiger partial charge in [-0.1, -0.05) is 35.9 Å². The molecule has 0 aliphatic carbocycles. The number of hydrogen-bond acceptors (Lipinski definition) is 3. The van der Waals surface area contributed by atoms with Crippen molar-refractivity contribution in [3.63, 3.8) is 0 Å². The van der Waals surface area contributed by atoms with E-state index in [1.54, 1.807) is 12.4 Å². The van der Waals surface area contributed by atoms with Crippen molar-refractivity contribution in [1.82, 2.24) is 10.3 Å². The van der Waals surface area contributed by atoms with Gasteiger partial charge >= 0.3 is 0 Å². The minimum atomic E-state index is 0.0493. The van der Waals surface area contributed by atoms with Crippen LogP contribution in [0.5, 0.6) is 5.75 Å². The molecular formula is C22H22ClN3OS. The molecule has 0 amide bonds. The van der Waals surface area contributed by atoms with Gasteiger partial charge in [-0.3, -0.25) is 4.98 Å². The molecule has 1 aromatic heterocycles. The first-order chi connectivity index (χ1) is 13.5. The summed E-state index contributed by atoms with van der Waals surface area (Å²) in [6.07, 6.45) is 3.55. The van der Waals surface area contributed by atoms with E-state index < -0.39 is 0 Å². The molecule has 0 spiro atoms. The predicted octanol–water partition coefficient (Wildman–Crippen LogP) is 5.67. The van der Waals surface area contributed by atoms with Gasteiger partial charge in [0.05, 0.1) is 6.04 Å². The van der Waals surface area contributed by atoms with Crippen LogP contribution in [-0.2, 0) is 6.61 Å². The highest BCUT2D eigenvalue weighted by Crippen LogP contribution is 2.21. The Kier molecular flexibility index (Phi) is 6.85. The van der Waals surface area contributed by atoms with Gasteiger partial charge in [-0.05, 0) is 67.5 Å². The van der Waals surface area contributed by atoms with Crippen molar-refractivity contribution in [1.29, 1.82) is 0 Å². The first kappa shape index (κ1) is 20.1. The maximum absolute atomic E-state index is 6.16. The van der Waals surface area contributed by atoms with Crippen LogP contribution >= 0.6 is 23.8 Å². The molecule has 2 aromatic carbocycles. The molecule has 4 nitrogen and oxygen atoms in total. The number of ether oxygens (including phenoxy) is 1. The van der Waals surface area contributed by atoms with Gasteiger partial charge in [0.2, 0.25) is 0 Å². The Morgan fingerprint density at radius 1 is 1.18 bits per heavy atom. The van der Waals surface area contributed by atoms with Crippen molar-refractivity contribution < 1.29 is 4.74 Å². The average molecular weight is 412 g/mol. The number of nitrogens with zero attached hydrogens (tertiary/aromatic N) is 1. The van der Waals surface area contributed by atoms with Gasteiger partial charge in [-0.2, -0.15) is 0 Å². The van der Waals surface area contributed by atoms with Crippen molar-refractivity contribution in [2.24, 2.45) is 0 Å². The second kappa shape index (κ2) is 9.53. The normalized spacial score (nSPS) is 11.5. The predicted molar refractivity (Wildman–Crippen MR) is 119 cm³/mol. The fraction of sp³-hybridized carbons (Fsp3) is 0.182. The molecule has 2 N–H and O–H groups in total. The van der Waals surface area contributed by atoms with E-state index >= 15 is 0 Å². The minimum Gasteiger partial charge on any atom is -0.489 e. The molecule has 3 aromatic rings. The second-order valence-electron chi connectivity index (χ2n) is 6.50. The summed E-state index contributed by atoms with van der Waals surface area (Å²) in [6.45, 7) is 4.52. The van der Waals surface area contributed by atoms with Gasteiger partial charge in [0.25, 0.3) is 0 Å². The molecule has 1 unspecified atom stereocenters. The summed E-state index contributed by atoms with van der Waals surface area (Å²) >= 11 is 11.6. The van der Waals surface area contributed by atoms with Gasteiger partial charge in [0.15, 0.2) is 5.11 Å². The van der Waals surface area contributed by atoms with Crippen molar-refractivity contribution in [2.45, 2.75) is 26.5 Å². The molecule has 1 atom stereocenters. The monoisotopic (exact) mass is 411 g/mol. The largest absolute Gasteiger partial charge is 0.489 e. The first-order valence-electron chi connectivity index (χ1n) is 8.96. The minimum absolute atomic E-state index is 0.0493. The van der Waals surface area contributed by atoms with Crippen molar-refractivity contribution in [3.05, 3.63) is 88.7 Å². The van der Waals surface area contributed by atoms with Crippen LogP contribution in [0.2, 0.25) is 5.02 Å². The molecule has 0 saturated carbocycles. The van der Waals surface area contributed by atoms with Crippen LogP contribution in [0.4, 0.5) is 5.69 Å². The Balaban J connectivity index is 1.52. The molecule has 0 fully saturated rings. The zero-order chi connectivity index (χ0) is 19.9. The highest BCUT2D eigenvalue weighted by molar-refractivity contribution is 7.80. The molecule has 1 heterocycles. The molecule has 144 valence electrons. The molecule has 0 aliphatic heterocycles. The van der Waals surface area contributed by atoms with Gasteiger partial charge in [0.1, 0.15) is 12.4 Å². The van der Waals surface area contributed by atoms with E-state index in [0.29, 0.717) is 16.7 Å². The fourth-order valence-corrected chi connectivity index (χ4v) is 3.10. The smallest absolute Gasteiger partial charge is 0.171 e. The topological polar surface area (TPSA) is 46.2 Å². The Morgan fingerprint density at radius 3 is 2.64 bits per heavy atom. The van der Waals surface area contributed by atoms with Gasteiger partial charge in [0, 0.05) is 28.7 Å². The summed E-state index contributed by atoms with van der Waals surface area (Å²) in [5.41, 5.74) is 4.04. The number of thiocarbonyl (C=S) groups is 1. The highest BCUT2D eigenvalue weighted by Gasteiger charge is 2.08. The fourth-order valence-electron chi connectivity index (χ4n) is 2.62. The number of pyridine rings is 1. The Hall–Kier alpha value is -2.63. The molecule has 0 radical (unpaired) electrons. The van der Waals surface area contributed by atoms with E-state index in [1.807, 2.05) is 61.5 Å². The van der Waals surface area contributed by atoms with Crippen LogP contribution in [0.25, 0.3) is 0 Å². The third-order valence-corrected chi connectivity index (χ3v) is 4.91. The zero-order valence-electron chi connectivity index (χ0n) is 15.8. The Labute approximate surface area is 175 Å². The number of nitrogens with one attached hydrogen (secondary N) is 2. The second-order valence-corrected chi connectivity index (χ2v) is 7.32.